The van der Waals surface area contributed by atoms with Crippen molar-refractivity contribution in [2.75, 3.05) is 29.1 Å². The van der Waals surface area contributed by atoms with E-state index in [4.69, 9.17) is 10.5 Å². The Morgan fingerprint density at radius 2 is 2.00 bits per heavy atom. The fourth-order valence-electron chi connectivity index (χ4n) is 3.15. The van der Waals surface area contributed by atoms with Gasteiger partial charge in [-0.25, -0.2) is 9.18 Å². The van der Waals surface area contributed by atoms with Gasteiger partial charge in [0, 0.05) is 13.1 Å². The van der Waals surface area contributed by atoms with Crippen LogP contribution < -0.4 is 16.0 Å². The van der Waals surface area contributed by atoms with Crippen molar-refractivity contribution in [2.45, 2.75) is 26.1 Å². The van der Waals surface area contributed by atoms with Crippen molar-refractivity contribution < 1.29 is 27.1 Å². The summed E-state index contributed by atoms with van der Waals surface area (Å²) in [6.07, 6.45) is -4.79. The van der Waals surface area contributed by atoms with Crippen molar-refractivity contribution in [3.63, 3.8) is 0 Å². The van der Waals surface area contributed by atoms with Gasteiger partial charge in [0.05, 0.1) is 29.2 Å². The number of alkyl halides is 3. The summed E-state index contributed by atoms with van der Waals surface area (Å²) in [7, 11) is 0. The standard InChI is InChI=1S/C19H19F4N3O2/c1-2-28-18(27)25-14-5-6-15(16(20)17(14)24)26-8-7-11-9-13(19(21,22)23)4-3-12(11)10-26/h3-6,9H,2,7-8,10,24H2,1H3,(H,25,27). The molecule has 0 aromatic heterocycles. The Kier molecular flexibility index (Phi) is 5.35. The molecular weight excluding hydrogens is 378 g/mol. The van der Waals surface area contributed by atoms with Crippen LogP contribution in [0.2, 0.25) is 0 Å². The molecule has 3 N–H and O–H groups in total. The number of hydrogen-bond acceptors (Lipinski definition) is 4. The third kappa shape index (κ3) is 3.97. The number of nitrogen functional groups attached to an aromatic ring is 1. The zero-order valence-electron chi connectivity index (χ0n) is 15.1. The molecule has 0 atom stereocenters. The third-order valence-corrected chi connectivity index (χ3v) is 4.56. The second kappa shape index (κ2) is 7.57. The number of ether oxygens (including phenoxy) is 1. The molecule has 0 saturated carbocycles. The van der Waals surface area contributed by atoms with Gasteiger partial charge in [-0.1, -0.05) is 6.07 Å². The van der Waals surface area contributed by atoms with E-state index in [1.165, 1.54) is 18.2 Å². The van der Waals surface area contributed by atoms with Gasteiger partial charge in [-0.3, -0.25) is 5.32 Å². The van der Waals surface area contributed by atoms with Gasteiger partial charge in [0.2, 0.25) is 0 Å². The van der Waals surface area contributed by atoms with Crippen molar-refractivity contribution in [1.82, 2.24) is 0 Å². The molecule has 1 heterocycles. The number of halogens is 4. The number of nitrogens with one attached hydrogen (secondary N) is 1. The van der Waals surface area contributed by atoms with Gasteiger partial charge in [-0.15, -0.1) is 0 Å². The molecule has 9 heteroatoms. The molecule has 0 spiro atoms. The summed E-state index contributed by atoms with van der Waals surface area (Å²) >= 11 is 0. The first-order chi connectivity index (χ1) is 13.2. The number of rotatable bonds is 3. The third-order valence-electron chi connectivity index (χ3n) is 4.56. The van der Waals surface area contributed by atoms with Gasteiger partial charge >= 0.3 is 12.3 Å². The maximum absolute atomic E-state index is 14.8. The van der Waals surface area contributed by atoms with E-state index < -0.39 is 23.7 Å². The lowest BCUT2D eigenvalue weighted by Crippen LogP contribution is -2.31. The molecule has 28 heavy (non-hydrogen) atoms. The van der Waals surface area contributed by atoms with Crippen LogP contribution in [0.5, 0.6) is 0 Å². The molecule has 0 saturated heterocycles. The minimum Gasteiger partial charge on any atom is -0.450 e. The number of amides is 1. The Morgan fingerprint density at radius 1 is 1.25 bits per heavy atom. The van der Waals surface area contributed by atoms with Crippen molar-refractivity contribution in [3.8, 4) is 0 Å². The van der Waals surface area contributed by atoms with Gasteiger partial charge in [-0.2, -0.15) is 13.2 Å². The number of hydrogen-bond donors (Lipinski definition) is 2. The maximum Gasteiger partial charge on any atom is 0.416 e. The molecule has 0 unspecified atom stereocenters. The van der Waals surface area contributed by atoms with Crippen LogP contribution >= 0.6 is 0 Å². The van der Waals surface area contributed by atoms with Gasteiger partial charge in [0.1, 0.15) is 0 Å². The molecule has 0 aliphatic carbocycles. The molecule has 150 valence electrons. The first kappa shape index (κ1) is 19.8. The lowest BCUT2D eigenvalue weighted by molar-refractivity contribution is -0.137. The fourth-order valence-corrected chi connectivity index (χ4v) is 3.15. The summed E-state index contributed by atoms with van der Waals surface area (Å²) in [6, 6.07) is 6.53. The first-order valence-corrected chi connectivity index (χ1v) is 8.66. The van der Waals surface area contributed by atoms with E-state index in [0.717, 1.165) is 12.1 Å². The average molecular weight is 397 g/mol. The summed E-state index contributed by atoms with van der Waals surface area (Å²) in [4.78, 5) is 13.2. The number of benzene rings is 2. The Morgan fingerprint density at radius 3 is 2.68 bits per heavy atom. The summed E-state index contributed by atoms with van der Waals surface area (Å²) in [5.74, 6) is -0.704. The van der Waals surface area contributed by atoms with Crippen molar-refractivity contribution in [3.05, 3.63) is 52.8 Å². The summed E-state index contributed by atoms with van der Waals surface area (Å²) in [5, 5.41) is 2.37. The zero-order chi connectivity index (χ0) is 20.5. The highest BCUT2D eigenvalue weighted by atomic mass is 19.4. The number of fused-ring (bicyclic) bond motifs is 1. The number of nitrogens with zero attached hydrogens (tertiary/aromatic N) is 1. The Balaban J connectivity index is 1.82. The molecule has 2 aromatic rings. The van der Waals surface area contributed by atoms with Crippen LogP contribution in [0, 0.1) is 5.82 Å². The molecule has 0 radical (unpaired) electrons. The van der Waals surface area contributed by atoms with Crippen molar-refractivity contribution >= 4 is 23.2 Å². The first-order valence-electron chi connectivity index (χ1n) is 8.66. The minimum atomic E-state index is -4.39. The van der Waals surface area contributed by atoms with Crippen molar-refractivity contribution in [2.24, 2.45) is 0 Å². The SMILES string of the molecule is CCOC(=O)Nc1ccc(N2CCc3cc(C(F)(F)F)ccc3C2)c(F)c1N. The van der Waals surface area contributed by atoms with Gasteiger partial charge < -0.3 is 15.4 Å². The van der Waals surface area contributed by atoms with Gasteiger partial charge in [-0.05, 0) is 48.7 Å². The number of nitrogens with two attached hydrogens (primary N) is 1. The van der Waals surface area contributed by atoms with Crippen LogP contribution in [0.3, 0.4) is 0 Å². The molecule has 0 fully saturated rings. The van der Waals surface area contributed by atoms with E-state index in [1.807, 2.05) is 0 Å². The van der Waals surface area contributed by atoms with E-state index in [1.54, 1.807) is 11.8 Å². The molecule has 1 aliphatic rings. The molecule has 5 nitrogen and oxygen atoms in total. The number of carbonyl (C=O) groups excluding carboxylic acids is 1. The molecule has 3 rings (SSSR count). The van der Waals surface area contributed by atoms with E-state index >= 15 is 0 Å². The Labute approximate surface area is 159 Å². The van der Waals surface area contributed by atoms with Crippen LogP contribution in [0.25, 0.3) is 0 Å². The lowest BCUT2D eigenvalue weighted by Gasteiger charge is -2.32. The second-order valence-electron chi connectivity index (χ2n) is 6.36. The zero-order valence-corrected chi connectivity index (χ0v) is 15.1. The predicted octanol–water partition coefficient (Wildman–Crippen LogP) is 4.56. The number of anilines is 3. The average Bonchev–Trinajstić information content (AvgIpc) is 2.64. The summed E-state index contributed by atoms with van der Waals surface area (Å²) in [6.45, 7) is 2.40. The van der Waals surface area contributed by atoms with Crippen LogP contribution in [-0.2, 0) is 23.9 Å². The molecule has 1 aliphatic heterocycles. The normalized spacial score (nSPS) is 13.8. The summed E-state index contributed by atoms with van der Waals surface area (Å²) < 4.78 is 58.1. The molecule has 0 bridgehead atoms. The Bertz CT molecular complexity index is 899. The van der Waals surface area contributed by atoms with E-state index in [2.05, 4.69) is 5.32 Å². The monoisotopic (exact) mass is 397 g/mol. The van der Waals surface area contributed by atoms with Crippen LogP contribution in [-0.4, -0.2) is 19.2 Å². The predicted molar refractivity (Wildman–Crippen MR) is 97.7 cm³/mol. The largest absolute Gasteiger partial charge is 0.450 e. The molecular formula is C19H19F4N3O2. The Hall–Kier alpha value is -2.97. The fraction of sp³-hybridized carbons (Fsp3) is 0.316. The molecule has 1 amide bonds. The smallest absolute Gasteiger partial charge is 0.416 e. The minimum absolute atomic E-state index is 0.0897. The van der Waals surface area contributed by atoms with Crippen molar-refractivity contribution in [1.29, 1.82) is 0 Å². The van der Waals surface area contributed by atoms with Crippen LogP contribution in [0.4, 0.5) is 39.4 Å². The van der Waals surface area contributed by atoms with Gasteiger partial charge in [0.15, 0.2) is 5.82 Å². The van der Waals surface area contributed by atoms with E-state index in [9.17, 15) is 22.4 Å². The highest BCUT2D eigenvalue weighted by Gasteiger charge is 2.32. The second-order valence-corrected chi connectivity index (χ2v) is 6.36. The van der Waals surface area contributed by atoms with Crippen LogP contribution in [0.1, 0.15) is 23.6 Å². The quantitative estimate of drug-likeness (QED) is 0.589. The highest BCUT2D eigenvalue weighted by molar-refractivity contribution is 5.90. The summed E-state index contributed by atoms with van der Waals surface area (Å²) in [5.41, 5.74) is 6.48. The molecule has 2 aromatic carbocycles. The van der Waals surface area contributed by atoms with E-state index in [-0.39, 0.29) is 30.2 Å². The number of carbonyl (C=O) groups is 1. The van der Waals surface area contributed by atoms with Gasteiger partial charge in [0.25, 0.3) is 0 Å². The van der Waals surface area contributed by atoms with Crippen LogP contribution in [0.15, 0.2) is 30.3 Å². The highest BCUT2D eigenvalue weighted by Crippen LogP contribution is 2.35. The maximum atomic E-state index is 14.8. The topological polar surface area (TPSA) is 67.6 Å². The van der Waals surface area contributed by atoms with E-state index in [0.29, 0.717) is 24.1 Å². The lowest BCUT2D eigenvalue weighted by atomic mass is 9.96.